The number of rotatable bonds is 8. The minimum Gasteiger partial charge on any atom is -0.503 e. The Morgan fingerprint density at radius 3 is 2.56 bits per heavy atom. The molecule has 2 aromatic heterocycles. The summed E-state index contributed by atoms with van der Waals surface area (Å²) in [6.45, 7) is 2.04. The molecule has 2 heterocycles. The molecule has 2 aromatic rings. The van der Waals surface area contributed by atoms with Gasteiger partial charge in [-0.3, -0.25) is 4.79 Å². The minimum atomic E-state index is -0.905. The SMILES string of the molecule is CCCCC(O)c1nc(-c2nc(C(N)=O)c(O)c(OC)c2OC)cs1. The summed E-state index contributed by atoms with van der Waals surface area (Å²) in [5.74, 6) is -1.32. The molecule has 0 spiro atoms. The van der Waals surface area contributed by atoms with E-state index in [0.29, 0.717) is 17.1 Å². The molecule has 0 saturated carbocycles. The van der Waals surface area contributed by atoms with Gasteiger partial charge in [-0.15, -0.1) is 11.3 Å². The molecular weight excluding hydrogens is 346 g/mol. The predicted octanol–water partition coefficient (Wildman–Crippen LogP) is 2.25. The van der Waals surface area contributed by atoms with Crippen LogP contribution < -0.4 is 15.2 Å². The van der Waals surface area contributed by atoms with Gasteiger partial charge in [-0.1, -0.05) is 19.8 Å². The Hall–Kier alpha value is -2.39. The van der Waals surface area contributed by atoms with Gasteiger partial charge in [-0.2, -0.15) is 0 Å². The Labute approximate surface area is 149 Å². The Morgan fingerprint density at radius 2 is 2.00 bits per heavy atom. The number of ether oxygens (including phenoxy) is 2. The van der Waals surface area contributed by atoms with Crippen molar-refractivity contribution in [3.05, 3.63) is 16.1 Å². The number of aromatic hydroxyl groups is 1. The van der Waals surface area contributed by atoms with Crippen molar-refractivity contribution in [2.75, 3.05) is 14.2 Å². The first-order valence-electron chi connectivity index (χ1n) is 7.73. The van der Waals surface area contributed by atoms with Crippen LogP contribution in [0.4, 0.5) is 0 Å². The lowest BCUT2D eigenvalue weighted by Gasteiger charge is -2.14. The molecule has 8 nitrogen and oxygen atoms in total. The molecule has 0 aromatic carbocycles. The van der Waals surface area contributed by atoms with Crippen LogP contribution in [-0.4, -0.2) is 40.3 Å². The van der Waals surface area contributed by atoms with Gasteiger partial charge in [0.05, 0.1) is 14.2 Å². The average molecular weight is 367 g/mol. The lowest BCUT2D eigenvalue weighted by molar-refractivity contribution is 0.0992. The number of nitrogens with two attached hydrogens (primary N) is 1. The number of methoxy groups -OCH3 is 2. The molecule has 1 atom stereocenters. The third-order valence-electron chi connectivity index (χ3n) is 3.61. The summed E-state index contributed by atoms with van der Waals surface area (Å²) >= 11 is 1.28. The van der Waals surface area contributed by atoms with Crippen LogP contribution in [0.15, 0.2) is 5.38 Å². The molecule has 136 valence electrons. The van der Waals surface area contributed by atoms with Gasteiger partial charge in [0.15, 0.2) is 17.2 Å². The first-order valence-corrected chi connectivity index (χ1v) is 8.61. The van der Waals surface area contributed by atoms with Crippen molar-refractivity contribution in [1.82, 2.24) is 9.97 Å². The Morgan fingerprint density at radius 1 is 1.32 bits per heavy atom. The second-order valence-electron chi connectivity index (χ2n) is 5.32. The van der Waals surface area contributed by atoms with E-state index in [1.54, 1.807) is 5.38 Å². The number of carbonyl (C=O) groups excluding carboxylic acids is 1. The van der Waals surface area contributed by atoms with E-state index in [1.807, 2.05) is 6.92 Å². The van der Waals surface area contributed by atoms with E-state index >= 15 is 0 Å². The monoisotopic (exact) mass is 367 g/mol. The number of carbonyl (C=O) groups is 1. The summed E-state index contributed by atoms with van der Waals surface area (Å²) in [5.41, 5.74) is 5.53. The summed E-state index contributed by atoms with van der Waals surface area (Å²) in [7, 11) is 2.71. The summed E-state index contributed by atoms with van der Waals surface area (Å²) in [6.07, 6.45) is 1.80. The topological polar surface area (TPSA) is 128 Å². The van der Waals surface area contributed by atoms with E-state index in [-0.39, 0.29) is 22.9 Å². The number of unbranched alkanes of at least 4 members (excludes halogenated alkanes) is 1. The first kappa shape index (κ1) is 18.9. The van der Waals surface area contributed by atoms with Gasteiger partial charge in [-0.25, -0.2) is 9.97 Å². The highest BCUT2D eigenvalue weighted by molar-refractivity contribution is 7.10. The number of hydrogen-bond acceptors (Lipinski definition) is 8. The molecule has 25 heavy (non-hydrogen) atoms. The van der Waals surface area contributed by atoms with Gasteiger partial charge >= 0.3 is 0 Å². The van der Waals surface area contributed by atoms with Crippen LogP contribution in [-0.2, 0) is 0 Å². The van der Waals surface area contributed by atoms with Crippen LogP contribution in [0.25, 0.3) is 11.4 Å². The zero-order valence-electron chi connectivity index (χ0n) is 14.3. The molecule has 0 bridgehead atoms. The van der Waals surface area contributed by atoms with Gasteiger partial charge in [0.1, 0.15) is 22.5 Å². The van der Waals surface area contributed by atoms with Crippen molar-refractivity contribution < 1.29 is 24.5 Å². The number of pyridine rings is 1. The number of thiazole rings is 1. The number of primary amides is 1. The summed E-state index contributed by atoms with van der Waals surface area (Å²) in [6, 6.07) is 0. The minimum absolute atomic E-state index is 0.0534. The second kappa shape index (κ2) is 8.13. The fraction of sp³-hybridized carbons (Fsp3) is 0.438. The molecular formula is C16H21N3O5S. The molecule has 9 heteroatoms. The molecule has 1 amide bonds. The van der Waals surface area contributed by atoms with Crippen molar-refractivity contribution in [3.8, 4) is 28.6 Å². The zero-order chi connectivity index (χ0) is 18.6. The van der Waals surface area contributed by atoms with E-state index in [9.17, 15) is 15.0 Å². The second-order valence-corrected chi connectivity index (χ2v) is 6.21. The van der Waals surface area contributed by atoms with Crippen LogP contribution >= 0.6 is 11.3 Å². The smallest absolute Gasteiger partial charge is 0.271 e. The molecule has 0 radical (unpaired) electrons. The van der Waals surface area contributed by atoms with Gasteiger partial charge in [0, 0.05) is 5.38 Å². The fourth-order valence-electron chi connectivity index (χ4n) is 2.33. The normalized spacial score (nSPS) is 12.0. The Kier molecular flexibility index (Phi) is 6.16. The predicted molar refractivity (Wildman–Crippen MR) is 93.1 cm³/mol. The number of aliphatic hydroxyl groups excluding tert-OH is 1. The molecule has 0 saturated heterocycles. The van der Waals surface area contributed by atoms with Crippen LogP contribution in [0.2, 0.25) is 0 Å². The third kappa shape index (κ3) is 3.83. The quantitative estimate of drug-likeness (QED) is 0.653. The molecule has 4 N–H and O–H groups in total. The molecule has 0 aliphatic carbocycles. The fourth-order valence-corrected chi connectivity index (χ4v) is 3.16. The van der Waals surface area contributed by atoms with Gasteiger partial charge in [0.2, 0.25) is 5.75 Å². The molecule has 0 aliphatic heterocycles. The van der Waals surface area contributed by atoms with E-state index < -0.39 is 17.8 Å². The van der Waals surface area contributed by atoms with Crippen LogP contribution in [0, 0.1) is 0 Å². The molecule has 2 rings (SSSR count). The summed E-state index contributed by atoms with van der Waals surface area (Å²) < 4.78 is 10.4. The van der Waals surface area contributed by atoms with Crippen LogP contribution in [0.5, 0.6) is 17.2 Å². The Balaban J connectivity index is 2.53. The highest BCUT2D eigenvalue weighted by Crippen LogP contribution is 2.44. The summed E-state index contributed by atoms with van der Waals surface area (Å²) in [5, 5.41) is 22.5. The van der Waals surface area contributed by atoms with E-state index in [2.05, 4.69) is 9.97 Å². The van der Waals surface area contributed by atoms with Crippen molar-refractivity contribution in [1.29, 1.82) is 0 Å². The standard InChI is InChI=1S/C16H21N3O5S/c1-4-5-6-9(20)16-18-8(7-25-16)10-13(23-2)14(24-3)12(21)11(19-10)15(17)22/h7,9,20-21H,4-6H2,1-3H3,(H2,17,22). The van der Waals surface area contributed by atoms with Crippen molar-refractivity contribution >= 4 is 17.2 Å². The average Bonchev–Trinajstić information content (AvgIpc) is 3.08. The highest BCUT2D eigenvalue weighted by atomic mass is 32.1. The number of aliphatic hydroxyl groups is 1. The maximum Gasteiger partial charge on any atom is 0.271 e. The van der Waals surface area contributed by atoms with Gasteiger partial charge < -0.3 is 25.4 Å². The van der Waals surface area contributed by atoms with Crippen LogP contribution in [0.3, 0.4) is 0 Å². The van der Waals surface area contributed by atoms with Crippen molar-refractivity contribution in [2.45, 2.75) is 32.3 Å². The number of amides is 1. The van der Waals surface area contributed by atoms with Gasteiger partial charge in [-0.05, 0) is 6.42 Å². The maximum atomic E-state index is 11.6. The molecule has 0 fully saturated rings. The summed E-state index contributed by atoms with van der Waals surface area (Å²) in [4.78, 5) is 20.0. The number of hydrogen-bond donors (Lipinski definition) is 3. The van der Waals surface area contributed by atoms with Crippen LogP contribution in [0.1, 0.15) is 47.8 Å². The molecule has 1 unspecified atom stereocenters. The number of nitrogens with zero attached hydrogens (tertiary/aromatic N) is 2. The lowest BCUT2D eigenvalue weighted by atomic mass is 10.1. The van der Waals surface area contributed by atoms with Crippen molar-refractivity contribution in [2.24, 2.45) is 5.73 Å². The highest BCUT2D eigenvalue weighted by Gasteiger charge is 2.26. The van der Waals surface area contributed by atoms with E-state index in [1.165, 1.54) is 25.6 Å². The van der Waals surface area contributed by atoms with Crippen molar-refractivity contribution in [3.63, 3.8) is 0 Å². The number of aromatic nitrogens is 2. The third-order valence-corrected chi connectivity index (χ3v) is 4.55. The lowest BCUT2D eigenvalue weighted by Crippen LogP contribution is -2.15. The van der Waals surface area contributed by atoms with E-state index in [0.717, 1.165) is 12.8 Å². The van der Waals surface area contributed by atoms with Gasteiger partial charge in [0.25, 0.3) is 5.91 Å². The zero-order valence-corrected chi connectivity index (χ0v) is 15.1. The molecule has 0 aliphatic rings. The largest absolute Gasteiger partial charge is 0.503 e. The van der Waals surface area contributed by atoms with E-state index in [4.69, 9.17) is 15.2 Å². The maximum absolute atomic E-state index is 11.6. The first-order chi connectivity index (χ1) is 11.9. The Bertz CT molecular complexity index is 762.